The molecular weight excluding hydrogens is 286 g/mol. The number of hydrogen-bond acceptors (Lipinski definition) is 4. The van der Waals surface area contributed by atoms with Crippen LogP contribution in [0.3, 0.4) is 0 Å². The van der Waals surface area contributed by atoms with Crippen molar-refractivity contribution in [1.29, 1.82) is 0 Å². The molecule has 1 fully saturated rings. The highest BCUT2D eigenvalue weighted by Crippen LogP contribution is 2.28. The maximum Gasteiger partial charge on any atom is 0.290 e. The van der Waals surface area contributed by atoms with Crippen LogP contribution < -0.4 is 5.32 Å². The van der Waals surface area contributed by atoms with Crippen molar-refractivity contribution in [2.45, 2.75) is 13.3 Å². The lowest BCUT2D eigenvalue weighted by molar-refractivity contribution is -0.115. The molecule has 4 nitrogen and oxygen atoms in total. The molecule has 1 aromatic carbocycles. The molecule has 1 N–H and O–H groups in total. The summed E-state index contributed by atoms with van der Waals surface area (Å²) in [5.41, 5.74) is 2.23. The molecule has 1 aromatic heterocycles. The Morgan fingerprint density at radius 1 is 1.24 bits per heavy atom. The number of aryl methyl sites for hydroxylation is 1. The van der Waals surface area contributed by atoms with Gasteiger partial charge < -0.3 is 4.42 Å². The highest BCUT2D eigenvalue weighted by molar-refractivity contribution is 8.18. The number of carbonyl (C=O) groups is 2. The number of carbonyl (C=O) groups excluding carboxylic acids is 2. The Bertz CT molecular complexity index is 745. The zero-order valence-corrected chi connectivity index (χ0v) is 12.2. The van der Waals surface area contributed by atoms with E-state index in [1.165, 1.54) is 5.56 Å². The largest absolute Gasteiger partial charge is 0.457 e. The molecule has 106 valence electrons. The van der Waals surface area contributed by atoms with E-state index in [0.717, 1.165) is 29.5 Å². The van der Waals surface area contributed by atoms with Gasteiger partial charge in [-0.1, -0.05) is 25.1 Å². The number of thioether (sulfide) groups is 1. The highest BCUT2D eigenvalue weighted by Gasteiger charge is 2.25. The van der Waals surface area contributed by atoms with E-state index in [9.17, 15) is 9.59 Å². The van der Waals surface area contributed by atoms with Gasteiger partial charge in [0.05, 0.1) is 4.91 Å². The number of imide groups is 1. The Morgan fingerprint density at radius 2 is 2.10 bits per heavy atom. The number of rotatable bonds is 3. The lowest BCUT2D eigenvalue weighted by Crippen LogP contribution is -2.17. The first-order valence-electron chi connectivity index (χ1n) is 6.59. The Morgan fingerprint density at radius 3 is 2.81 bits per heavy atom. The Hall–Kier alpha value is -2.27. The van der Waals surface area contributed by atoms with Crippen LogP contribution >= 0.6 is 11.8 Å². The van der Waals surface area contributed by atoms with Gasteiger partial charge >= 0.3 is 0 Å². The van der Waals surface area contributed by atoms with Crippen molar-refractivity contribution >= 4 is 29.0 Å². The second kappa shape index (κ2) is 5.61. The lowest BCUT2D eigenvalue weighted by Gasteiger charge is -2.00. The van der Waals surface area contributed by atoms with Crippen LogP contribution in [-0.2, 0) is 11.2 Å². The van der Waals surface area contributed by atoms with Crippen molar-refractivity contribution in [3.05, 3.63) is 52.6 Å². The molecule has 2 amide bonds. The van der Waals surface area contributed by atoms with Gasteiger partial charge in [-0.05, 0) is 41.9 Å². The first kappa shape index (κ1) is 13.7. The quantitative estimate of drug-likeness (QED) is 0.875. The van der Waals surface area contributed by atoms with E-state index in [4.69, 9.17) is 4.42 Å². The van der Waals surface area contributed by atoms with Crippen LogP contribution in [0.15, 0.2) is 45.7 Å². The van der Waals surface area contributed by atoms with Gasteiger partial charge in [-0.25, -0.2) is 0 Å². The summed E-state index contributed by atoms with van der Waals surface area (Å²) in [4.78, 5) is 22.9. The number of amides is 2. The van der Waals surface area contributed by atoms with Crippen molar-refractivity contribution in [3.63, 3.8) is 0 Å². The van der Waals surface area contributed by atoms with Crippen LogP contribution in [0.5, 0.6) is 0 Å². The predicted octanol–water partition coefficient (Wildman–Crippen LogP) is 3.83. The lowest BCUT2D eigenvalue weighted by atomic mass is 10.1. The van der Waals surface area contributed by atoms with Gasteiger partial charge in [-0.3, -0.25) is 14.9 Å². The summed E-state index contributed by atoms with van der Waals surface area (Å²) in [5, 5.41) is 1.86. The van der Waals surface area contributed by atoms with Crippen LogP contribution in [0.1, 0.15) is 18.2 Å². The van der Waals surface area contributed by atoms with Crippen molar-refractivity contribution < 1.29 is 14.0 Å². The molecule has 0 aliphatic carbocycles. The third kappa shape index (κ3) is 2.92. The van der Waals surface area contributed by atoms with E-state index < -0.39 is 0 Å². The molecule has 5 heteroatoms. The molecular formula is C16H13NO3S. The normalized spacial score (nSPS) is 16.5. The maximum absolute atomic E-state index is 11.5. The third-order valence-corrected chi connectivity index (χ3v) is 3.97. The molecule has 1 aliphatic rings. The number of furan rings is 1. The summed E-state index contributed by atoms with van der Waals surface area (Å²) >= 11 is 0.881. The molecule has 2 heterocycles. The summed E-state index contributed by atoms with van der Waals surface area (Å²) < 4.78 is 5.73. The zero-order chi connectivity index (χ0) is 14.8. The molecule has 0 saturated carbocycles. The Balaban J connectivity index is 1.88. The van der Waals surface area contributed by atoms with Gasteiger partial charge in [0.25, 0.3) is 11.1 Å². The van der Waals surface area contributed by atoms with Crippen LogP contribution in [0.2, 0.25) is 0 Å². The van der Waals surface area contributed by atoms with Crippen LogP contribution in [-0.4, -0.2) is 11.1 Å². The van der Waals surface area contributed by atoms with Gasteiger partial charge in [0.15, 0.2) is 0 Å². The fraction of sp³-hybridized carbons (Fsp3) is 0.125. The van der Waals surface area contributed by atoms with Gasteiger partial charge in [0, 0.05) is 11.6 Å². The molecule has 2 aromatic rings. The van der Waals surface area contributed by atoms with E-state index in [0.29, 0.717) is 10.7 Å². The average Bonchev–Trinajstić information content (AvgIpc) is 3.06. The molecule has 0 bridgehead atoms. The van der Waals surface area contributed by atoms with E-state index in [2.05, 4.69) is 24.4 Å². The van der Waals surface area contributed by atoms with Gasteiger partial charge in [0.1, 0.15) is 11.5 Å². The summed E-state index contributed by atoms with van der Waals surface area (Å²) in [6, 6.07) is 11.8. The van der Waals surface area contributed by atoms with E-state index in [1.54, 1.807) is 12.1 Å². The minimum Gasteiger partial charge on any atom is -0.457 e. The number of hydrogen-bond donors (Lipinski definition) is 1. The maximum atomic E-state index is 11.5. The molecule has 1 aliphatic heterocycles. The molecule has 0 atom stereocenters. The van der Waals surface area contributed by atoms with Gasteiger partial charge in [-0.2, -0.15) is 0 Å². The SMILES string of the molecule is CCc1cccc(-c2ccc(C=C3SC(=O)NC3=O)o2)c1. The highest BCUT2D eigenvalue weighted by atomic mass is 32.2. The Labute approximate surface area is 126 Å². The molecule has 3 rings (SSSR count). The number of benzene rings is 1. The average molecular weight is 299 g/mol. The smallest absolute Gasteiger partial charge is 0.290 e. The minimum absolute atomic E-state index is 0.350. The molecule has 0 unspecified atom stereocenters. The summed E-state index contributed by atoms with van der Waals surface area (Å²) in [6.07, 6.45) is 2.54. The minimum atomic E-state index is -0.379. The van der Waals surface area contributed by atoms with Crippen LogP contribution in [0.25, 0.3) is 17.4 Å². The van der Waals surface area contributed by atoms with Crippen molar-refractivity contribution in [3.8, 4) is 11.3 Å². The van der Waals surface area contributed by atoms with E-state index >= 15 is 0 Å². The monoisotopic (exact) mass is 299 g/mol. The second-order valence-electron chi connectivity index (χ2n) is 4.61. The Kier molecular flexibility index (Phi) is 3.66. The van der Waals surface area contributed by atoms with Gasteiger partial charge in [0.2, 0.25) is 0 Å². The fourth-order valence-corrected chi connectivity index (χ4v) is 2.74. The van der Waals surface area contributed by atoms with E-state index in [1.807, 2.05) is 18.2 Å². The first-order valence-corrected chi connectivity index (χ1v) is 7.41. The summed E-state index contributed by atoms with van der Waals surface area (Å²) in [7, 11) is 0. The standard InChI is InChI=1S/C16H13NO3S/c1-2-10-4-3-5-11(8-10)13-7-6-12(20-13)9-14-15(18)17-16(19)21-14/h3-9H,2H2,1H3,(H,17,18,19). The zero-order valence-electron chi connectivity index (χ0n) is 11.4. The molecule has 0 radical (unpaired) electrons. The first-order chi connectivity index (χ1) is 10.2. The van der Waals surface area contributed by atoms with E-state index in [-0.39, 0.29) is 11.1 Å². The second-order valence-corrected chi connectivity index (χ2v) is 5.62. The predicted molar refractivity (Wildman–Crippen MR) is 82.6 cm³/mol. The molecule has 21 heavy (non-hydrogen) atoms. The topological polar surface area (TPSA) is 59.3 Å². The molecule has 1 saturated heterocycles. The van der Waals surface area contributed by atoms with Crippen LogP contribution in [0, 0.1) is 0 Å². The van der Waals surface area contributed by atoms with Crippen molar-refractivity contribution in [1.82, 2.24) is 5.32 Å². The van der Waals surface area contributed by atoms with Crippen molar-refractivity contribution in [2.75, 3.05) is 0 Å². The number of nitrogens with one attached hydrogen (secondary N) is 1. The summed E-state index contributed by atoms with van der Waals surface area (Å²) in [6.45, 7) is 2.10. The third-order valence-electron chi connectivity index (χ3n) is 3.16. The fourth-order valence-electron chi connectivity index (χ4n) is 2.08. The van der Waals surface area contributed by atoms with Crippen LogP contribution in [0.4, 0.5) is 4.79 Å². The van der Waals surface area contributed by atoms with Gasteiger partial charge in [-0.15, -0.1) is 0 Å². The summed E-state index contributed by atoms with van der Waals surface area (Å²) in [5.74, 6) is 0.919. The molecule has 0 spiro atoms. The van der Waals surface area contributed by atoms with Crippen molar-refractivity contribution in [2.24, 2.45) is 0 Å².